The van der Waals surface area contributed by atoms with Gasteiger partial charge in [-0.05, 0) is 38.4 Å². The highest BCUT2D eigenvalue weighted by Gasteiger charge is 2.28. The molecule has 3 rings (SSSR count). The molecule has 12 nitrogen and oxygen atoms in total. The third kappa shape index (κ3) is 9.21. The van der Waals surface area contributed by atoms with E-state index in [1.54, 1.807) is 12.1 Å². The molecule has 1 aromatic heterocycles. The van der Waals surface area contributed by atoms with Gasteiger partial charge in [-0.15, -0.1) is 0 Å². The smallest absolute Gasteiger partial charge is 0.405 e. The molecule has 0 atom stereocenters. The van der Waals surface area contributed by atoms with Gasteiger partial charge in [0.2, 0.25) is 22.7 Å². The normalized spacial score (nSPS) is 11.3. The number of nitrogens with one attached hydrogen (secondary N) is 3. The van der Waals surface area contributed by atoms with Crippen molar-refractivity contribution < 1.29 is 31.1 Å². The van der Waals surface area contributed by atoms with E-state index in [0.717, 1.165) is 16.9 Å². The number of hydrogen-bond acceptors (Lipinski definition) is 10. The average molecular weight is 623 g/mol. The van der Waals surface area contributed by atoms with E-state index in [1.165, 1.54) is 43.6 Å². The number of carbonyl (C=O) groups is 1. The van der Waals surface area contributed by atoms with Gasteiger partial charge in [-0.3, -0.25) is 4.79 Å². The third-order valence-electron chi connectivity index (χ3n) is 5.93. The van der Waals surface area contributed by atoms with Crippen LogP contribution in [-0.2, 0) is 15.7 Å². The van der Waals surface area contributed by atoms with E-state index in [-0.39, 0.29) is 23.1 Å². The molecule has 3 N–H and O–H groups in total. The maximum absolute atomic E-state index is 12.9. The molecule has 0 saturated heterocycles. The Morgan fingerprint density at radius 1 is 1.05 bits per heavy atom. The van der Waals surface area contributed by atoms with Gasteiger partial charge in [-0.2, -0.15) is 18.2 Å². The second kappa shape index (κ2) is 14.6. The Balaban J connectivity index is 2.02. The zero-order valence-electron chi connectivity index (χ0n) is 24.0. The van der Waals surface area contributed by atoms with Crippen molar-refractivity contribution in [2.24, 2.45) is 0 Å². The fraction of sp³-hybridized carbons (Fsp3) is 0.296. The predicted molar refractivity (Wildman–Crippen MR) is 162 cm³/mol. The molecule has 0 bridgehead atoms. The number of nitrogens with zero attached hydrogens (tertiary/aromatic N) is 5. The topological polar surface area (TPSA) is 132 Å². The van der Waals surface area contributed by atoms with Gasteiger partial charge in [0.1, 0.15) is 12.3 Å². The maximum Gasteiger partial charge on any atom is 0.405 e. The molecule has 0 radical (unpaired) electrons. The van der Waals surface area contributed by atoms with E-state index in [0.29, 0.717) is 29.4 Å². The number of hydrogen-bond donors (Lipinski definition) is 4. The molecule has 1 heterocycles. The van der Waals surface area contributed by atoms with Crippen LogP contribution in [0.4, 0.5) is 53.4 Å². The highest BCUT2D eigenvalue weighted by molar-refractivity contribution is 7.74. The van der Waals surface area contributed by atoms with E-state index >= 15 is 0 Å². The van der Waals surface area contributed by atoms with Crippen molar-refractivity contribution in [2.45, 2.75) is 6.18 Å². The third-order valence-corrected chi connectivity index (χ3v) is 6.68. The van der Waals surface area contributed by atoms with Crippen molar-refractivity contribution in [2.75, 3.05) is 73.0 Å². The average Bonchev–Trinajstić information content (AvgIpc) is 2.95. The van der Waals surface area contributed by atoms with Gasteiger partial charge in [0.05, 0.1) is 35.5 Å². The van der Waals surface area contributed by atoms with Crippen LogP contribution in [-0.4, -0.2) is 83.3 Å². The summed E-state index contributed by atoms with van der Waals surface area (Å²) < 4.78 is 69.7. The number of methoxy groups -OCH3 is 1. The minimum atomic E-state index is -4.52. The molecule has 1 amide bonds. The standard InChI is InChI=1S/C27H33F3N8O4S/c1-6-25(39)33-19-15-20(23(42-5)16-22(19)37(4)14-13-36(2)3)34-26-31-12-11-24(35-26)38(43(40)41)21-10-8-7-9-18(21)32-17-27(28,29)30/h6-12,15-16,32,43H,1,13-14,17H2,2-5H3,(H,33,39)(H,31,34,35). The molecule has 0 spiro atoms. The first-order valence-corrected chi connectivity index (χ1v) is 13.9. The van der Waals surface area contributed by atoms with Crippen LogP contribution < -0.4 is 29.9 Å². The monoisotopic (exact) mass is 622 g/mol. The summed E-state index contributed by atoms with van der Waals surface area (Å²) in [4.78, 5) is 24.6. The van der Waals surface area contributed by atoms with Crippen molar-refractivity contribution >= 4 is 57.0 Å². The van der Waals surface area contributed by atoms with Gasteiger partial charge in [0.15, 0.2) is 5.82 Å². The van der Waals surface area contributed by atoms with Crippen LogP contribution in [0.3, 0.4) is 0 Å². The summed E-state index contributed by atoms with van der Waals surface area (Å²) in [5, 5.41) is 7.98. The van der Waals surface area contributed by atoms with Crippen molar-refractivity contribution in [3.05, 3.63) is 61.3 Å². The lowest BCUT2D eigenvalue weighted by atomic mass is 10.2. The molecule has 0 aliphatic carbocycles. The Morgan fingerprint density at radius 3 is 2.40 bits per heavy atom. The number of thiol groups is 1. The summed E-state index contributed by atoms with van der Waals surface area (Å²) in [6, 6.07) is 10.3. The van der Waals surface area contributed by atoms with Gasteiger partial charge >= 0.3 is 6.18 Å². The van der Waals surface area contributed by atoms with E-state index in [2.05, 4.69) is 32.5 Å². The Hall–Kier alpha value is -4.57. The number of rotatable bonds is 14. The second-order valence-corrected chi connectivity index (χ2v) is 10.3. The maximum atomic E-state index is 12.9. The van der Waals surface area contributed by atoms with Crippen molar-refractivity contribution in [3.63, 3.8) is 0 Å². The SMILES string of the molecule is C=CC(=O)Nc1cc(Nc2nccc(N(c3ccccc3NCC(F)(F)F)[SH](=O)=O)n2)c(OC)cc1N(C)CCN(C)C. The minimum Gasteiger partial charge on any atom is -0.494 e. The molecule has 16 heteroatoms. The van der Waals surface area contributed by atoms with Crippen molar-refractivity contribution in [3.8, 4) is 5.75 Å². The molecule has 0 aliphatic rings. The first-order valence-electron chi connectivity index (χ1n) is 12.8. The summed E-state index contributed by atoms with van der Waals surface area (Å²) in [7, 11) is 3.82. The molecule has 43 heavy (non-hydrogen) atoms. The van der Waals surface area contributed by atoms with Gasteiger partial charge in [0, 0.05) is 38.5 Å². The number of halogens is 3. The largest absolute Gasteiger partial charge is 0.494 e. The van der Waals surface area contributed by atoms with E-state index < -0.39 is 29.5 Å². The summed E-state index contributed by atoms with van der Waals surface area (Å²) in [6.45, 7) is 3.51. The number of para-hydroxylation sites is 2. The predicted octanol–water partition coefficient (Wildman–Crippen LogP) is 3.99. The molecule has 0 aliphatic heterocycles. The van der Waals surface area contributed by atoms with Crippen molar-refractivity contribution in [1.82, 2.24) is 14.9 Å². The van der Waals surface area contributed by atoms with E-state index in [9.17, 15) is 26.4 Å². The summed E-state index contributed by atoms with van der Waals surface area (Å²) >= 11 is 0. The molecule has 232 valence electrons. The van der Waals surface area contributed by atoms with Gasteiger partial charge in [-0.1, -0.05) is 18.7 Å². The number of alkyl halides is 3. The summed E-state index contributed by atoms with van der Waals surface area (Å²) in [6.07, 6.45) is -2.10. The molecule has 2 aromatic carbocycles. The first-order chi connectivity index (χ1) is 20.3. The molecule has 0 fully saturated rings. The molecular weight excluding hydrogens is 589 g/mol. The van der Waals surface area contributed by atoms with Crippen LogP contribution in [0, 0.1) is 0 Å². The highest BCUT2D eigenvalue weighted by atomic mass is 32.2. The van der Waals surface area contributed by atoms with Crippen LogP contribution in [0.2, 0.25) is 0 Å². The fourth-order valence-corrected chi connectivity index (χ4v) is 4.48. The number of anilines is 7. The van der Waals surface area contributed by atoms with Gasteiger partial charge in [0.25, 0.3) is 0 Å². The number of benzene rings is 2. The Labute approximate surface area is 249 Å². The number of aromatic nitrogens is 2. The summed E-state index contributed by atoms with van der Waals surface area (Å²) in [5.41, 5.74) is 1.30. The zero-order valence-corrected chi connectivity index (χ0v) is 24.9. The second-order valence-electron chi connectivity index (χ2n) is 9.39. The molecule has 0 saturated carbocycles. The van der Waals surface area contributed by atoms with Crippen molar-refractivity contribution in [1.29, 1.82) is 0 Å². The van der Waals surface area contributed by atoms with Crippen LogP contribution in [0.5, 0.6) is 5.75 Å². The van der Waals surface area contributed by atoms with Crippen LogP contribution in [0.15, 0.2) is 61.3 Å². The van der Waals surface area contributed by atoms with E-state index in [1.807, 2.05) is 30.9 Å². The van der Waals surface area contributed by atoms with Crippen LogP contribution in [0.1, 0.15) is 0 Å². The van der Waals surface area contributed by atoms with Gasteiger partial charge in [-0.25, -0.2) is 17.7 Å². The quantitative estimate of drug-likeness (QED) is 0.155. The minimum absolute atomic E-state index is 0.0481. The molecule has 3 aromatic rings. The zero-order chi connectivity index (χ0) is 31.7. The number of ether oxygens (including phenoxy) is 1. The lowest BCUT2D eigenvalue weighted by molar-refractivity contribution is -0.115. The van der Waals surface area contributed by atoms with Crippen LogP contribution >= 0.6 is 0 Å². The first kappa shape index (κ1) is 32.9. The lowest BCUT2D eigenvalue weighted by Crippen LogP contribution is -2.29. The van der Waals surface area contributed by atoms with Crippen LogP contribution in [0.25, 0.3) is 0 Å². The Bertz CT molecular complexity index is 1510. The fourth-order valence-electron chi connectivity index (χ4n) is 3.85. The molecular formula is C27H33F3N8O4S. The Kier molecular flexibility index (Phi) is 11.1. The summed E-state index contributed by atoms with van der Waals surface area (Å²) in [5.74, 6) is -0.253. The Morgan fingerprint density at radius 2 is 1.77 bits per heavy atom. The lowest BCUT2D eigenvalue weighted by Gasteiger charge is -2.26. The molecule has 0 unspecified atom stereocenters. The number of likely N-dealkylation sites (N-methyl/N-ethyl adjacent to an activating group) is 2. The van der Waals surface area contributed by atoms with Gasteiger partial charge < -0.3 is 30.5 Å². The number of amides is 1. The van der Waals surface area contributed by atoms with E-state index in [4.69, 9.17) is 4.74 Å². The number of carbonyl (C=O) groups excluding carboxylic acids is 1. The highest BCUT2D eigenvalue weighted by Crippen LogP contribution is 2.38.